The van der Waals surface area contributed by atoms with E-state index in [-0.39, 0.29) is 42.6 Å². The lowest BCUT2D eigenvalue weighted by molar-refractivity contribution is -0.121. The van der Waals surface area contributed by atoms with Gasteiger partial charge in [-0.1, -0.05) is 38.1 Å². The summed E-state index contributed by atoms with van der Waals surface area (Å²) in [7, 11) is 0. The third-order valence-corrected chi connectivity index (χ3v) is 4.65. The van der Waals surface area contributed by atoms with Crippen molar-refractivity contribution in [2.75, 3.05) is 11.5 Å². The minimum absolute atomic E-state index is 0.197. The van der Waals surface area contributed by atoms with Crippen LogP contribution in [-0.2, 0) is 14.3 Å². The summed E-state index contributed by atoms with van der Waals surface area (Å²) in [5, 5.41) is 0. The topological polar surface area (TPSA) is 80.8 Å². The van der Waals surface area contributed by atoms with Gasteiger partial charge in [0.1, 0.15) is 0 Å². The lowest BCUT2D eigenvalue weighted by Gasteiger charge is -2.14. The molecule has 0 atom stereocenters. The maximum atomic E-state index is 12.2. The fourth-order valence-corrected chi connectivity index (χ4v) is 2.96. The Hall–Kier alpha value is -3.28. The monoisotopic (exact) mass is 379 g/mol. The molecule has 144 valence electrons. The van der Waals surface area contributed by atoms with Crippen molar-refractivity contribution in [2.45, 2.75) is 32.6 Å². The minimum atomic E-state index is -0.641. The van der Waals surface area contributed by atoms with Crippen LogP contribution in [0.2, 0.25) is 0 Å². The number of Topliss-reactive ketones (excluding diaryl/α,β-unsaturated/α-hetero) is 1. The average molecular weight is 379 g/mol. The predicted octanol–water partition coefficient (Wildman–Crippen LogP) is 3.50. The molecule has 0 radical (unpaired) electrons. The van der Waals surface area contributed by atoms with Crippen LogP contribution in [0.4, 0.5) is 5.69 Å². The molecule has 1 aliphatic heterocycles. The van der Waals surface area contributed by atoms with Crippen molar-refractivity contribution in [1.82, 2.24) is 0 Å². The van der Waals surface area contributed by atoms with Crippen LogP contribution in [0.25, 0.3) is 0 Å². The number of imide groups is 1. The van der Waals surface area contributed by atoms with Gasteiger partial charge in [-0.05, 0) is 35.7 Å². The molecule has 3 rings (SSSR count). The highest BCUT2D eigenvalue weighted by Gasteiger charge is 2.30. The van der Waals surface area contributed by atoms with Crippen molar-refractivity contribution in [3.05, 3.63) is 65.2 Å². The van der Waals surface area contributed by atoms with E-state index in [4.69, 9.17) is 4.74 Å². The van der Waals surface area contributed by atoms with E-state index in [1.54, 1.807) is 12.1 Å². The van der Waals surface area contributed by atoms with E-state index in [0.29, 0.717) is 17.2 Å². The third-order valence-electron chi connectivity index (χ3n) is 4.65. The van der Waals surface area contributed by atoms with Crippen LogP contribution in [0.3, 0.4) is 0 Å². The van der Waals surface area contributed by atoms with Crippen molar-refractivity contribution >= 4 is 29.3 Å². The highest BCUT2D eigenvalue weighted by Crippen LogP contribution is 2.23. The molecule has 2 aromatic rings. The van der Waals surface area contributed by atoms with E-state index >= 15 is 0 Å². The first-order valence-corrected chi connectivity index (χ1v) is 9.13. The van der Waals surface area contributed by atoms with E-state index in [0.717, 1.165) is 10.5 Å². The molecular formula is C22H21NO5. The van der Waals surface area contributed by atoms with Crippen LogP contribution in [0, 0.1) is 0 Å². The smallest absolute Gasteiger partial charge is 0.338 e. The molecule has 0 spiro atoms. The van der Waals surface area contributed by atoms with Gasteiger partial charge >= 0.3 is 5.97 Å². The second-order valence-corrected chi connectivity index (χ2v) is 6.95. The van der Waals surface area contributed by atoms with Gasteiger partial charge in [-0.2, -0.15) is 0 Å². The van der Waals surface area contributed by atoms with E-state index in [9.17, 15) is 19.2 Å². The van der Waals surface area contributed by atoms with Crippen LogP contribution < -0.4 is 4.90 Å². The van der Waals surface area contributed by atoms with Crippen molar-refractivity contribution in [3.63, 3.8) is 0 Å². The van der Waals surface area contributed by atoms with Crippen molar-refractivity contribution in [1.29, 1.82) is 0 Å². The van der Waals surface area contributed by atoms with Crippen LogP contribution >= 0.6 is 0 Å². The maximum Gasteiger partial charge on any atom is 0.338 e. The number of ether oxygens (including phenoxy) is 1. The van der Waals surface area contributed by atoms with Gasteiger partial charge in [0, 0.05) is 18.4 Å². The number of amides is 2. The lowest BCUT2D eigenvalue weighted by Crippen LogP contribution is -2.28. The maximum absolute atomic E-state index is 12.2. The number of carbonyl (C=O) groups is 4. The molecule has 1 heterocycles. The van der Waals surface area contributed by atoms with Crippen LogP contribution in [0.1, 0.15) is 58.9 Å². The van der Waals surface area contributed by atoms with Crippen LogP contribution in [0.15, 0.2) is 48.5 Å². The molecule has 28 heavy (non-hydrogen) atoms. The molecule has 0 unspecified atom stereocenters. The second-order valence-electron chi connectivity index (χ2n) is 6.95. The van der Waals surface area contributed by atoms with Gasteiger partial charge in [0.15, 0.2) is 12.4 Å². The molecule has 1 aliphatic rings. The summed E-state index contributed by atoms with van der Waals surface area (Å²) in [6.45, 7) is 3.78. The molecule has 6 nitrogen and oxygen atoms in total. The number of ketones is 1. The molecule has 2 amide bonds. The van der Waals surface area contributed by atoms with Gasteiger partial charge < -0.3 is 4.74 Å². The Labute approximate surface area is 163 Å². The first-order valence-electron chi connectivity index (χ1n) is 9.13. The number of esters is 1. The van der Waals surface area contributed by atoms with E-state index in [2.05, 4.69) is 13.8 Å². The van der Waals surface area contributed by atoms with Gasteiger partial charge in [0.2, 0.25) is 11.8 Å². The Morgan fingerprint density at radius 1 is 0.893 bits per heavy atom. The molecular weight excluding hydrogens is 358 g/mol. The Bertz CT molecular complexity index is 897. The van der Waals surface area contributed by atoms with Gasteiger partial charge in [0.05, 0.1) is 11.3 Å². The number of hydrogen-bond donors (Lipinski definition) is 0. The number of hydrogen-bond acceptors (Lipinski definition) is 5. The van der Waals surface area contributed by atoms with E-state index in [1.807, 2.05) is 12.1 Å². The zero-order valence-electron chi connectivity index (χ0n) is 15.8. The molecule has 0 aromatic heterocycles. The predicted molar refractivity (Wildman–Crippen MR) is 103 cm³/mol. The van der Waals surface area contributed by atoms with E-state index < -0.39 is 5.97 Å². The zero-order chi connectivity index (χ0) is 20.3. The van der Waals surface area contributed by atoms with Crippen LogP contribution in [0.5, 0.6) is 0 Å². The molecule has 1 saturated heterocycles. The molecule has 6 heteroatoms. The Morgan fingerprint density at radius 3 is 1.96 bits per heavy atom. The van der Waals surface area contributed by atoms with Gasteiger partial charge in [-0.25, -0.2) is 4.79 Å². The van der Waals surface area contributed by atoms with Gasteiger partial charge in [-0.15, -0.1) is 0 Å². The van der Waals surface area contributed by atoms with Crippen LogP contribution in [-0.4, -0.2) is 30.2 Å². The summed E-state index contributed by atoms with van der Waals surface area (Å²) in [5.41, 5.74) is 2.28. The summed E-state index contributed by atoms with van der Waals surface area (Å²) >= 11 is 0. The first kappa shape index (κ1) is 19.5. The second kappa shape index (κ2) is 8.17. The first-order chi connectivity index (χ1) is 13.4. The Balaban J connectivity index is 1.59. The number of anilines is 1. The number of rotatable bonds is 6. The third kappa shape index (κ3) is 4.17. The van der Waals surface area contributed by atoms with Gasteiger partial charge in [-0.3, -0.25) is 19.3 Å². The fourth-order valence-electron chi connectivity index (χ4n) is 2.96. The molecule has 0 N–H and O–H groups in total. The quantitative estimate of drug-likeness (QED) is 0.436. The summed E-state index contributed by atoms with van der Waals surface area (Å²) in [5.74, 6) is -1.06. The average Bonchev–Trinajstić information content (AvgIpc) is 3.04. The normalized spacial score (nSPS) is 13.9. The number of nitrogens with zero attached hydrogens (tertiary/aromatic N) is 1. The van der Waals surface area contributed by atoms with E-state index in [1.165, 1.54) is 24.3 Å². The SMILES string of the molecule is CC(C)c1ccc(C(=O)COC(=O)c2ccc(N3C(=O)CCC3=O)cc2)cc1. The van der Waals surface area contributed by atoms with Crippen molar-refractivity contribution < 1.29 is 23.9 Å². The zero-order valence-corrected chi connectivity index (χ0v) is 15.8. The van der Waals surface area contributed by atoms with Crippen molar-refractivity contribution in [3.8, 4) is 0 Å². The summed E-state index contributed by atoms with van der Waals surface area (Å²) in [6.07, 6.45) is 0.395. The summed E-state index contributed by atoms with van der Waals surface area (Å²) in [6, 6.07) is 13.2. The molecule has 1 fully saturated rings. The highest BCUT2D eigenvalue weighted by molar-refractivity contribution is 6.19. The minimum Gasteiger partial charge on any atom is -0.454 e. The molecule has 0 bridgehead atoms. The lowest BCUT2D eigenvalue weighted by atomic mass is 10.0. The molecule has 0 aliphatic carbocycles. The molecule has 2 aromatic carbocycles. The van der Waals surface area contributed by atoms with Gasteiger partial charge in [0.25, 0.3) is 0 Å². The Morgan fingerprint density at radius 2 is 1.43 bits per heavy atom. The highest BCUT2D eigenvalue weighted by atomic mass is 16.5. The molecule has 0 saturated carbocycles. The standard InChI is InChI=1S/C22H21NO5/c1-14(2)15-3-5-16(6-4-15)19(24)13-28-22(27)17-7-9-18(10-8-17)23-20(25)11-12-21(23)26/h3-10,14H,11-13H2,1-2H3. The fraction of sp³-hybridized carbons (Fsp3) is 0.273. The number of carbonyl (C=O) groups excluding carboxylic acids is 4. The number of benzene rings is 2. The summed E-state index contributed by atoms with van der Waals surface area (Å²) in [4.78, 5) is 49.0. The van der Waals surface area contributed by atoms with Crippen molar-refractivity contribution in [2.24, 2.45) is 0 Å². The Kier molecular flexibility index (Phi) is 5.68. The largest absolute Gasteiger partial charge is 0.454 e. The summed E-state index contributed by atoms with van der Waals surface area (Å²) < 4.78 is 5.09.